The van der Waals surface area contributed by atoms with E-state index in [1.54, 1.807) is 0 Å². The van der Waals surface area contributed by atoms with E-state index >= 15 is 0 Å². The molecule has 2 saturated carbocycles. The third kappa shape index (κ3) is 2.61. The number of amides is 1. The first-order valence-electron chi connectivity index (χ1n) is 8.49. The molecule has 3 nitrogen and oxygen atoms in total. The van der Waals surface area contributed by atoms with Crippen molar-refractivity contribution in [1.29, 1.82) is 0 Å². The lowest BCUT2D eigenvalue weighted by Crippen LogP contribution is -2.44. The van der Waals surface area contributed by atoms with Crippen LogP contribution in [0.4, 0.5) is 0 Å². The molecule has 114 valence electrons. The van der Waals surface area contributed by atoms with Crippen molar-refractivity contribution in [2.75, 3.05) is 6.54 Å². The van der Waals surface area contributed by atoms with Crippen LogP contribution in [0, 0.1) is 23.2 Å². The molecular formula is C17H30N2O. The number of hydrogen-bond acceptors (Lipinski definition) is 2. The Bertz CT molecular complexity index is 382. The van der Waals surface area contributed by atoms with Crippen molar-refractivity contribution in [2.45, 2.75) is 72.0 Å². The van der Waals surface area contributed by atoms with Crippen LogP contribution in [0.1, 0.15) is 59.8 Å². The van der Waals surface area contributed by atoms with Crippen LogP contribution in [0.3, 0.4) is 0 Å². The largest absolute Gasteiger partial charge is 0.325 e. The molecule has 0 aromatic rings. The lowest BCUT2D eigenvalue weighted by Gasteiger charge is -2.31. The lowest BCUT2D eigenvalue weighted by atomic mass is 9.98. The maximum atomic E-state index is 12.8. The first kappa shape index (κ1) is 14.4. The second kappa shape index (κ2) is 5.01. The van der Waals surface area contributed by atoms with Gasteiger partial charge in [0.2, 0.25) is 5.91 Å². The highest BCUT2D eigenvalue weighted by Gasteiger charge is 2.56. The highest BCUT2D eigenvalue weighted by molar-refractivity contribution is 5.84. The first-order chi connectivity index (χ1) is 9.43. The van der Waals surface area contributed by atoms with E-state index in [2.05, 4.69) is 37.9 Å². The van der Waals surface area contributed by atoms with Gasteiger partial charge in [-0.1, -0.05) is 27.7 Å². The van der Waals surface area contributed by atoms with E-state index in [-0.39, 0.29) is 12.2 Å². The molecule has 3 rings (SSSR count). The molecule has 2 aliphatic carbocycles. The predicted octanol–water partition coefficient (Wildman–Crippen LogP) is 3.01. The van der Waals surface area contributed by atoms with Crippen molar-refractivity contribution in [2.24, 2.45) is 23.2 Å². The topological polar surface area (TPSA) is 32.3 Å². The summed E-state index contributed by atoms with van der Waals surface area (Å²) in [6.07, 6.45) is 6.72. The highest BCUT2D eigenvalue weighted by Crippen LogP contribution is 2.61. The molecule has 1 N–H and O–H groups in total. The second-order valence-electron chi connectivity index (χ2n) is 8.14. The molecule has 0 aromatic heterocycles. The normalized spacial score (nSPS) is 32.5. The maximum absolute atomic E-state index is 12.8. The number of carbonyl (C=O) groups excluding carboxylic acids is 1. The minimum Gasteiger partial charge on any atom is -0.325 e. The minimum atomic E-state index is 0.0532. The van der Waals surface area contributed by atoms with Gasteiger partial charge in [-0.2, -0.15) is 0 Å². The molecule has 1 heterocycles. The van der Waals surface area contributed by atoms with E-state index in [1.807, 2.05) is 0 Å². The van der Waals surface area contributed by atoms with Crippen molar-refractivity contribution in [3.05, 3.63) is 0 Å². The Morgan fingerprint density at radius 2 is 1.90 bits per heavy atom. The summed E-state index contributed by atoms with van der Waals surface area (Å²) < 4.78 is 0. The molecule has 3 heteroatoms. The van der Waals surface area contributed by atoms with Crippen LogP contribution in [0.15, 0.2) is 0 Å². The number of nitrogens with one attached hydrogen (secondary N) is 1. The summed E-state index contributed by atoms with van der Waals surface area (Å²) in [7, 11) is 0. The number of carbonyl (C=O) groups is 1. The van der Waals surface area contributed by atoms with E-state index < -0.39 is 0 Å². The fourth-order valence-corrected chi connectivity index (χ4v) is 3.96. The number of hydrogen-bond donors (Lipinski definition) is 1. The molecule has 2 atom stereocenters. The summed E-state index contributed by atoms with van der Waals surface area (Å²) >= 11 is 0. The van der Waals surface area contributed by atoms with Gasteiger partial charge in [-0.05, 0) is 55.3 Å². The standard InChI is InChI=1S/C17H30N2O/c1-11(2)9-14-16(20)19(15(18-14)12(3)4)10-17(7-8-17)13-5-6-13/h11-15,18H,5-10H2,1-4H3. The van der Waals surface area contributed by atoms with Gasteiger partial charge in [-0.25, -0.2) is 0 Å². The zero-order valence-corrected chi connectivity index (χ0v) is 13.5. The van der Waals surface area contributed by atoms with Crippen molar-refractivity contribution >= 4 is 5.91 Å². The Morgan fingerprint density at radius 3 is 2.35 bits per heavy atom. The molecule has 0 spiro atoms. The number of nitrogens with zero attached hydrogens (tertiary/aromatic N) is 1. The molecule has 3 fully saturated rings. The lowest BCUT2D eigenvalue weighted by molar-refractivity contribution is -0.131. The molecule has 1 aliphatic heterocycles. The van der Waals surface area contributed by atoms with Crippen molar-refractivity contribution < 1.29 is 4.79 Å². The zero-order chi connectivity index (χ0) is 14.5. The van der Waals surface area contributed by atoms with E-state index in [9.17, 15) is 4.79 Å². The van der Waals surface area contributed by atoms with Crippen LogP contribution in [-0.4, -0.2) is 29.6 Å². The smallest absolute Gasteiger partial charge is 0.241 e. The van der Waals surface area contributed by atoms with Gasteiger partial charge < -0.3 is 4.90 Å². The van der Waals surface area contributed by atoms with Crippen molar-refractivity contribution in [3.8, 4) is 0 Å². The maximum Gasteiger partial charge on any atom is 0.241 e. The van der Waals surface area contributed by atoms with E-state index in [4.69, 9.17) is 0 Å². The monoisotopic (exact) mass is 278 g/mol. The summed E-state index contributed by atoms with van der Waals surface area (Å²) in [5.41, 5.74) is 0.511. The average molecular weight is 278 g/mol. The second-order valence-corrected chi connectivity index (χ2v) is 8.14. The third-order valence-corrected chi connectivity index (χ3v) is 5.45. The van der Waals surface area contributed by atoms with E-state index in [1.165, 1.54) is 25.7 Å². The van der Waals surface area contributed by atoms with Gasteiger partial charge in [0.1, 0.15) is 0 Å². The highest BCUT2D eigenvalue weighted by atomic mass is 16.2. The van der Waals surface area contributed by atoms with E-state index in [0.29, 0.717) is 23.2 Å². The summed E-state index contributed by atoms with van der Waals surface area (Å²) in [5.74, 6) is 2.35. The summed E-state index contributed by atoms with van der Waals surface area (Å²) in [4.78, 5) is 15.0. The zero-order valence-electron chi connectivity index (χ0n) is 13.5. The average Bonchev–Trinajstić information content (AvgIpc) is 3.23. The fraction of sp³-hybridized carbons (Fsp3) is 0.941. The molecule has 0 bridgehead atoms. The van der Waals surface area contributed by atoms with Crippen LogP contribution < -0.4 is 5.32 Å². The SMILES string of the molecule is CC(C)CC1NC(C(C)C)N(CC2(C3CC3)CC2)C1=O. The van der Waals surface area contributed by atoms with Gasteiger partial charge >= 0.3 is 0 Å². The molecule has 0 radical (unpaired) electrons. The first-order valence-corrected chi connectivity index (χ1v) is 8.49. The molecular weight excluding hydrogens is 248 g/mol. The van der Waals surface area contributed by atoms with Crippen LogP contribution in [0.25, 0.3) is 0 Å². The molecule has 20 heavy (non-hydrogen) atoms. The summed E-state index contributed by atoms with van der Waals surface area (Å²) in [5, 5.41) is 3.61. The Balaban J connectivity index is 1.71. The Labute approximate surface area is 123 Å². The van der Waals surface area contributed by atoms with Crippen LogP contribution >= 0.6 is 0 Å². The van der Waals surface area contributed by atoms with Gasteiger partial charge in [0.05, 0.1) is 12.2 Å². The molecule has 2 unspecified atom stereocenters. The van der Waals surface area contributed by atoms with Crippen LogP contribution in [-0.2, 0) is 4.79 Å². The van der Waals surface area contributed by atoms with Gasteiger partial charge in [0, 0.05) is 6.54 Å². The Hall–Kier alpha value is -0.570. The van der Waals surface area contributed by atoms with Crippen LogP contribution in [0.5, 0.6) is 0 Å². The van der Waals surface area contributed by atoms with E-state index in [0.717, 1.165) is 18.9 Å². The fourth-order valence-electron chi connectivity index (χ4n) is 3.96. The molecule has 0 aromatic carbocycles. The Kier molecular flexibility index (Phi) is 3.60. The number of rotatable bonds is 6. The minimum absolute atomic E-state index is 0.0532. The van der Waals surface area contributed by atoms with Gasteiger partial charge in [-0.15, -0.1) is 0 Å². The summed E-state index contributed by atoms with van der Waals surface area (Å²) in [6, 6.07) is 0.0532. The van der Waals surface area contributed by atoms with Crippen LogP contribution in [0.2, 0.25) is 0 Å². The van der Waals surface area contributed by atoms with Crippen molar-refractivity contribution in [1.82, 2.24) is 10.2 Å². The Morgan fingerprint density at radius 1 is 1.25 bits per heavy atom. The molecule has 1 saturated heterocycles. The molecule has 1 amide bonds. The van der Waals surface area contributed by atoms with Gasteiger partial charge in [-0.3, -0.25) is 10.1 Å². The molecule has 3 aliphatic rings. The predicted molar refractivity (Wildman–Crippen MR) is 81.1 cm³/mol. The van der Waals surface area contributed by atoms with Gasteiger partial charge in [0.25, 0.3) is 0 Å². The quantitative estimate of drug-likeness (QED) is 0.810. The van der Waals surface area contributed by atoms with Crippen molar-refractivity contribution in [3.63, 3.8) is 0 Å². The third-order valence-electron chi connectivity index (χ3n) is 5.45. The van der Waals surface area contributed by atoms with Gasteiger partial charge in [0.15, 0.2) is 0 Å². The summed E-state index contributed by atoms with van der Waals surface area (Å²) in [6.45, 7) is 9.88.